The first kappa shape index (κ1) is 18.5. The molecule has 4 nitrogen and oxygen atoms in total. The SMILES string of the molecule is CS(=O)(=O)c1ccc2c(c1)CCCN2C(=O)CCc1ccc(F)c(F)c1. The summed E-state index contributed by atoms with van der Waals surface area (Å²) in [6.07, 6.45) is 3.09. The van der Waals surface area contributed by atoms with Gasteiger partial charge in [0.25, 0.3) is 0 Å². The van der Waals surface area contributed by atoms with Gasteiger partial charge in [0.15, 0.2) is 21.5 Å². The van der Waals surface area contributed by atoms with E-state index < -0.39 is 21.5 Å². The fraction of sp³-hybridized carbons (Fsp3) is 0.316. The molecule has 0 fully saturated rings. The van der Waals surface area contributed by atoms with Crippen molar-refractivity contribution in [2.75, 3.05) is 17.7 Å². The van der Waals surface area contributed by atoms with Gasteiger partial charge < -0.3 is 4.90 Å². The van der Waals surface area contributed by atoms with Crippen molar-refractivity contribution in [2.45, 2.75) is 30.6 Å². The second kappa shape index (κ2) is 7.15. The van der Waals surface area contributed by atoms with Crippen LogP contribution in [0, 0.1) is 11.6 Å². The molecule has 138 valence electrons. The number of rotatable bonds is 4. The highest BCUT2D eigenvalue weighted by molar-refractivity contribution is 7.90. The van der Waals surface area contributed by atoms with Crippen molar-refractivity contribution in [3.8, 4) is 0 Å². The molecule has 0 saturated carbocycles. The van der Waals surface area contributed by atoms with Gasteiger partial charge in [-0.05, 0) is 60.7 Å². The molecule has 1 aliphatic rings. The van der Waals surface area contributed by atoms with Gasteiger partial charge in [-0.15, -0.1) is 0 Å². The molecule has 0 atom stereocenters. The van der Waals surface area contributed by atoms with Crippen LogP contribution in [0.1, 0.15) is 24.0 Å². The predicted molar refractivity (Wildman–Crippen MR) is 94.9 cm³/mol. The molecule has 2 aromatic rings. The van der Waals surface area contributed by atoms with Crippen LogP contribution in [0.15, 0.2) is 41.3 Å². The zero-order valence-corrected chi connectivity index (χ0v) is 15.2. The number of nitrogens with zero attached hydrogens (tertiary/aromatic N) is 1. The Morgan fingerprint density at radius 1 is 1.12 bits per heavy atom. The van der Waals surface area contributed by atoms with E-state index in [-0.39, 0.29) is 17.2 Å². The lowest BCUT2D eigenvalue weighted by Crippen LogP contribution is -2.35. The van der Waals surface area contributed by atoms with Crippen molar-refractivity contribution < 1.29 is 22.0 Å². The highest BCUT2D eigenvalue weighted by Crippen LogP contribution is 2.30. The number of carbonyl (C=O) groups is 1. The highest BCUT2D eigenvalue weighted by Gasteiger charge is 2.23. The van der Waals surface area contributed by atoms with E-state index >= 15 is 0 Å². The monoisotopic (exact) mass is 379 g/mol. The van der Waals surface area contributed by atoms with Crippen molar-refractivity contribution in [1.29, 1.82) is 0 Å². The van der Waals surface area contributed by atoms with Gasteiger partial charge >= 0.3 is 0 Å². The highest BCUT2D eigenvalue weighted by atomic mass is 32.2. The van der Waals surface area contributed by atoms with Gasteiger partial charge in [-0.3, -0.25) is 4.79 Å². The number of sulfone groups is 1. The Bertz CT molecular complexity index is 957. The molecule has 0 radical (unpaired) electrons. The predicted octanol–water partition coefficient (Wildman–Crippen LogP) is 3.28. The van der Waals surface area contributed by atoms with Crippen molar-refractivity contribution in [3.05, 3.63) is 59.2 Å². The summed E-state index contributed by atoms with van der Waals surface area (Å²) in [7, 11) is -3.30. The quantitative estimate of drug-likeness (QED) is 0.819. The summed E-state index contributed by atoms with van der Waals surface area (Å²) in [5.41, 5.74) is 2.11. The maximum absolute atomic E-state index is 13.3. The molecule has 0 saturated heterocycles. The number of aryl methyl sites for hydroxylation is 2. The molecular weight excluding hydrogens is 360 g/mol. The number of anilines is 1. The lowest BCUT2D eigenvalue weighted by molar-refractivity contribution is -0.118. The molecular formula is C19H19F2NO3S. The number of fused-ring (bicyclic) bond motifs is 1. The van der Waals surface area contributed by atoms with Gasteiger partial charge in [-0.25, -0.2) is 17.2 Å². The third-order valence-electron chi connectivity index (χ3n) is 4.51. The van der Waals surface area contributed by atoms with Crippen molar-refractivity contribution in [1.82, 2.24) is 0 Å². The van der Waals surface area contributed by atoms with Gasteiger partial charge in [-0.2, -0.15) is 0 Å². The van der Waals surface area contributed by atoms with Gasteiger partial charge in [0.1, 0.15) is 0 Å². The van der Waals surface area contributed by atoms with Crippen LogP contribution in [0.2, 0.25) is 0 Å². The number of benzene rings is 2. The summed E-state index contributed by atoms with van der Waals surface area (Å²) < 4.78 is 49.7. The van der Waals surface area contributed by atoms with Crippen LogP contribution in [0.3, 0.4) is 0 Å². The lowest BCUT2D eigenvalue weighted by Gasteiger charge is -2.30. The Morgan fingerprint density at radius 3 is 2.58 bits per heavy atom. The normalized spacial score (nSPS) is 14.2. The number of hydrogen-bond acceptors (Lipinski definition) is 3. The van der Waals surface area contributed by atoms with Crippen LogP contribution in [-0.2, 0) is 27.5 Å². The van der Waals surface area contributed by atoms with E-state index in [1.54, 1.807) is 17.0 Å². The van der Waals surface area contributed by atoms with Crippen LogP contribution in [0.5, 0.6) is 0 Å². The van der Waals surface area contributed by atoms with E-state index in [1.807, 2.05) is 0 Å². The molecule has 26 heavy (non-hydrogen) atoms. The first-order valence-electron chi connectivity index (χ1n) is 8.33. The molecule has 1 heterocycles. The van der Waals surface area contributed by atoms with E-state index in [0.29, 0.717) is 24.9 Å². The molecule has 7 heteroatoms. The minimum Gasteiger partial charge on any atom is -0.312 e. The minimum atomic E-state index is -3.30. The maximum Gasteiger partial charge on any atom is 0.227 e. The third-order valence-corrected chi connectivity index (χ3v) is 5.62. The van der Waals surface area contributed by atoms with Crippen LogP contribution in [0.25, 0.3) is 0 Å². The van der Waals surface area contributed by atoms with Gasteiger partial charge in [-0.1, -0.05) is 6.07 Å². The Morgan fingerprint density at radius 2 is 1.88 bits per heavy atom. The summed E-state index contributed by atoms with van der Waals surface area (Å²) in [5.74, 6) is -1.96. The second-order valence-corrected chi connectivity index (χ2v) is 8.48. The van der Waals surface area contributed by atoms with Crippen LogP contribution in [-0.4, -0.2) is 27.1 Å². The molecule has 2 aromatic carbocycles. The molecule has 1 aliphatic heterocycles. The standard InChI is InChI=1S/C19H19F2NO3S/c1-26(24,25)15-6-8-18-14(12-15)3-2-10-22(18)19(23)9-5-13-4-7-16(20)17(21)11-13/h4,6-8,11-12H,2-3,5,9-10H2,1H3. The number of hydrogen-bond donors (Lipinski definition) is 0. The smallest absolute Gasteiger partial charge is 0.227 e. The topological polar surface area (TPSA) is 54.5 Å². The number of halogens is 2. The zero-order valence-electron chi connectivity index (χ0n) is 14.3. The van der Waals surface area contributed by atoms with Gasteiger partial charge in [0.05, 0.1) is 4.90 Å². The summed E-state index contributed by atoms with van der Waals surface area (Å²) in [6.45, 7) is 0.557. The molecule has 0 aromatic heterocycles. The summed E-state index contributed by atoms with van der Waals surface area (Å²) in [6, 6.07) is 8.42. The van der Waals surface area contributed by atoms with E-state index in [9.17, 15) is 22.0 Å². The van der Waals surface area contributed by atoms with Crippen LogP contribution >= 0.6 is 0 Å². The average Bonchev–Trinajstić information content (AvgIpc) is 2.60. The second-order valence-electron chi connectivity index (χ2n) is 6.46. The molecule has 0 spiro atoms. The molecule has 1 amide bonds. The zero-order chi connectivity index (χ0) is 18.9. The summed E-state index contributed by atoms with van der Waals surface area (Å²) in [4.78, 5) is 14.5. The molecule has 0 N–H and O–H groups in total. The Hall–Kier alpha value is -2.28. The first-order chi connectivity index (χ1) is 12.3. The minimum absolute atomic E-state index is 0.122. The summed E-state index contributed by atoms with van der Waals surface area (Å²) >= 11 is 0. The summed E-state index contributed by atoms with van der Waals surface area (Å²) in [5, 5.41) is 0. The molecule has 0 unspecified atom stereocenters. The Balaban J connectivity index is 1.76. The third kappa shape index (κ3) is 3.93. The van der Waals surface area contributed by atoms with Crippen LogP contribution < -0.4 is 4.90 Å². The van der Waals surface area contributed by atoms with E-state index in [4.69, 9.17) is 0 Å². The molecule has 3 rings (SSSR count). The number of amides is 1. The van der Waals surface area contributed by atoms with Crippen molar-refractivity contribution >= 4 is 21.4 Å². The molecule has 0 bridgehead atoms. The number of carbonyl (C=O) groups excluding carboxylic acids is 1. The van der Waals surface area contributed by atoms with Crippen molar-refractivity contribution in [2.24, 2.45) is 0 Å². The largest absolute Gasteiger partial charge is 0.312 e. The molecule has 0 aliphatic carbocycles. The van der Waals surface area contributed by atoms with E-state index in [0.717, 1.165) is 36.1 Å². The maximum atomic E-state index is 13.3. The van der Waals surface area contributed by atoms with Crippen LogP contribution in [0.4, 0.5) is 14.5 Å². The average molecular weight is 379 g/mol. The Kier molecular flexibility index (Phi) is 5.09. The van der Waals surface area contributed by atoms with Crippen molar-refractivity contribution in [3.63, 3.8) is 0 Å². The lowest BCUT2D eigenvalue weighted by atomic mass is 10.0. The van der Waals surface area contributed by atoms with E-state index in [1.165, 1.54) is 12.1 Å². The van der Waals surface area contributed by atoms with E-state index in [2.05, 4.69) is 0 Å². The fourth-order valence-electron chi connectivity index (χ4n) is 3.14. The first-order valence-corrected chi connectivity index (χ1v) is 10.2. The van der Waals surface area contributed by atoms with Gasteiger partial charge in [0.2, 0.25) is 5.91 Å². The fourth-order valence-corrected chi connectivity index (χ4v) is 3.82. The Labute approximate surface area is 151 Å². The van der Waals surface area contributed by atoms with Gasteiger partial charge in [0, 0.05) is 24.9 Å².